The highest BCUT2D eigenvalue weighted by atomic mass is 16.3. The van der Waals surface area contributed by atoms with Crippen LogP contribution < -0.4 is 11.0 Å². The molecule has 0 saturated heterocycles. The predicted octanol–water partition coefficient (Wildman–Crippen LogP) is 1.40. The van der Waals surface area contributed by atoms with Crippen molar-refractivity contribution in [2.24, 2.45) is 14.1 Å². The van der Waals surface area contributed by atoms with Crippen LogP contribution in [0.15, 0.2) is 45.8 Å². The number of aromatic nitrogens is 2. The van der Waals surface area contributed by atoms with E-state index in [0.717, 1.165) is 16.6 Å². The summed E-state index contributed by atoms with van der Waals surface area (Å²) >= 11 is 0. The Morgan fingerprint density at radius 2 is 1.95 bits per heavy atom. The molecule has 0 fully saturated rings. The standard InChI is InChI=1S/C15H15N3O3/c1-17-11-6-5-10(8-12(11)18(2)15(17)20)9-16-14(19)13-4-3-7-21-13/h3-8H,9H2,1-2H3,(H,16,19). The fourth-order valence-corrected chi connectivity index (χ4v) is 2.34. The molecule has 1 amide bonds. The minimum atomic E-state index is -0.262. The highest BCUT2D eigenvalue weighted by molar-refractivity contribution is 5.91. The van der Waals surface area contributed by atoms with E-state index in [1.165, 1.54) is 6.26 Å². The highest BCUT2D eigenvalue weighted by Gasteiger charge is 2.10. The van der Waals surface area contributed by atoms with Crippen molar-refractivity contribution >= 4 is 16.9 Å². The average Bonchev–Trinajstić information content (AvgIpc) is 3.10. The maximum atomic E-state index is 11.9. The van der Waals surface area contributed by atoms with Gasteiger partial charge in [-0.1, -0.05) is 6.07 Å². The Balaban J connectivity index is 1.84. The zero-order chi connectivity index (χ0) is 15.0. The molecule has 2 aromatic heterocycles. The first kappa shape index (κ1) is 13.2. The zero-order valence-electron chi connectivity index (χ0n) is 11.8. The lowest BCUT2D eigenvalue weighted by Crippen LogP contribution is -2.22. The molecule has 6 nitrogen and oxygen atoms in total. The number of benzene rings is 1. The molecule has 1 aromatic carbocycles. The SMILES string of the molecule is Cn1c(=O)n(C)c2cc(CNC(=O)c3ccco3)ccc21. The molecule has 6 heteroatoms. The third-order valence-electron chi connectivity index (χ3n) is 3.53. The van der Waals surface area contributed by atoms with Gasteiger partial charge in [0.05, 0.1) is 17.3 Å². The Morgan fingerprint density at radius 1 is 1.19 bits per heavy atom. The number of amides is 1. The van der Waals surface area contributed by atoms with E-state index >= 15 is 0 Å². The summed E-state index contributed by atoms with van der Waals surface area (Å²) in [6.45, 7) is 0.374. The van der Waals surface area contributed by atoms with Crippen LogP contribution in [-0.2, 0) is 20.6 Å². The second-order valence-corrected chi connectivity index (χ2v) is 4.88. The van der Waals surface area contributed by atoms with Crippen LogP contribution >= 0.6 is 0 Å². The maximum Gasteiger partial charge on any atom is 0.328 e. The van der Waals surface area contributed by atoms with Crippen molar-refractivity contribution in [3.8, 4) is 0 Å². The first-order valence-electron chi connectivity index (χ1n) is 6.54. The van der Waals surface area contributed by atoms with Crippen LogP contribution in [0.2, 0.25) is 0 Å². The molecule has 0 bridgehead atoms. The molecule has 0 aliphatic rings. The van der Waals surface area contributed by atoms with Gasteiger partial charge < -0.3 is 9.73 Å². The summed E-state index contributed by atoms with van der Waals surface area (Å²) in [6, 6.07) is 8.95. The summed E-state index contributed by atoms with van der Waals surface area (Å²) in [6.07, 6.45) is 1.46. The number of imidazole rings is 1. The molecule has 0 aliphatic carbocycles. The summed E-state index contributed by atoms with van der Waals surface area (Å²) in [4.78, 5) is 23.7. The molecule has 3 aromatic rings. The number of carbonyl (C=O) groups excluding carboxylic acids is 1. The van der Waals surface area contributed by atoms with Gasteiger partial charge in [0, 0.05) is 20.6 Å². The van der Waals surface area contributed by atoms with Crippen LogP contribution in [0.25, 0.3) is 11.0 Å². The predicted molar refractivity (Wildman–Crippen MR) is 78.0 cm³/mol. The fraction of sp³-hybridized carbons (Fsp3) is 0.200. The molecule has 0 aliphatic heterocycles. The van der Waals surface area contributed by atoms with E-state index in [0.29, 0.717) is 6.54 Å². The number of fused-ring (bicyclic) bond motifs is 1. The van der Waals surface area contributed by atoms with Crippen molar-refractivity contribution < 1.29 is 9.21 Å². The normalized spacial score (nSPS) is 11.0. The van der Waals surface area contributed by atoms with E-state index in [-0.39, 0.29) is 17.4 Å². The summed E-state index contributed by atoms with van der Waals surface area (Å²) in [7, 11) is 3.47. The lowest BCUT2D eigenvalue weighted by Gasteiger charge is -2.04. The minimum Gasteiger partial charge on any atom is -0.459 e. The van der Waals surface area contributed by atoms with Crippen molar-refractivity contribution in [2.75, 3.05) is 0 Å². The molecular formula is C15H15N3O3. The Bertz CT molecular complexity index is 856. The molecule has 108 valence electrons. The summed E-state index contributed by atoms with van der Waals surface area (Å²) in [5.41, 5.74) is 2.56. The van der Waals surface area contributed by atoms with Crippen LogP contribution in [0.4, 0.5) is 0 Å². The number of nitrogens with zero attached hydrogens (tertiary/aromatic N) is 2. The van der Waals surface area contributed by atoms with E-state index in [1.54, 1.807) is 35.4 Å². The van der Waals surface area contributed by atoms with E-state index in [4.69, 9.17) is 4.42 Å². The van der Waals surface area contributed by atoms with Crippen LogP contribution in [0.5, 0.6) is 0 Å². The minimum absolute atomic E-state index is 0.0678. The van der Waals surface area contributed by atoms with E-state index in [1.807, 2.05) is 18.2 Å². The monoisotopic (exact) mass is 285 g/mol. The lowest BCUT2D eigenvalue weighted by molar-refractivity contribution is 0.0923. The van der Waals surface area contributed by atoms with Gasteiger partial charge in [-0.15, -0.1) is 0 Å². The van der Waals surface area contributed by atoms with Crippen molar-refractivity contribution in [3.05, 3.63) is 58.4 Å². The largest absolute Gasteiger partial charge is 0.459 e. The van der Waals surface area contributed by atoms with E-state index in [9.17, 15) is 9.59 Å². The number of hydrogen-bond donors (Lipinski definition) is 1. The van der Waals surface area contributed by atoms with Gasteiger partial charge in [-0.25, -0.2) is 4.79 Å². The molecule has 0 saturated carbocycles. The summed E-state index contributed by atoms with van der Waals surface area (Å²) < 4.78 is 8.22. The Hall–Kier alpha value is -2.76. The summed E-state index contributed by atoms with van der Waals surface area (Å²) in [5.74, 6) is 0.0187. The first-order valence-corrected chi connectivity index (χ1v) is 6.54. The number of aryl methyl sites for hydroxylation is 2. The van der Waals surface area contributed by atoms with E-state index in [2.05, 4.69) is 5.32 Å². The van der Waals surface area contributed by atoms with Gasteiger partial charge in [-0.05, 0) is 29.8 Å². The van der Waals surface area contributed by atoms with Gasteiger partial charge in [0.2, 0.25) is 0 Å². The smallest absolute Gasteiger partial charge is 0.328 e. The van der Waals surface area contributed by atoms with Crippen molar-refractivity contribution in [1.29, 1.82) is 0 Å². The van der Waals surface area contributed by atoms with Crippen molar-refractivity contribution in [3.63, 3.8) is 0 Å². The first-order chi connectivity index (χ1) is 10.1. The molecular weight excluding hydrogens is 270 g/mol. The van der Waals surface area contributed by atoms with E-state index < -0.39 is 0 Å². The zero-order valence-corrected chi connectivity index (χ0v) is 11.8. The molecule has 0 radical (unpaired) electrons. The van der Waals surface area contributed by atoms with Gasteiger partial charge in [0.1, 0.15) is 0 Å². The lowest BCUT2D eigenvalue weighted by atomic mass is 10.2. The fourth-order valence-electron chi connectivity index (χ4n) is 2.34. The van der Waals surface area contributed by atoms with Gasteiger partial charge in [-0.2, -0.15) is 0 Å². The number of rotatable bonds is 3. The number of furan rings is 1. The molecule has 3 rings (SSSR count). The molecule has 1 N–H and O–H groups in total. The Kier molecular flexibility index (Phi) is 3.13. The van der Waals surface area contributed by atoms with Crippen LogP contribution in [-0.4, -0.2) is 15.0 Å². The highest BCUT2D eigenvalue weighted by Crippen LogP contribution is 2.14. The van der Waals surface area contributed by atoms with Gasteiger partial charge in [0.25, 0.3) is 5.91 Å². The van der Waals surface area contributed by atoms with Crippen LogP contribution in [0.3, 0.4) is 0 Å². The molecule has 0 atom stereocenters. The third kappa shape index (κ3) is 2.24. The van der Waals surface area contributed by atoms with Gasteiger partial charge in [0.15, 0.2) is 5.76 Å². The average molecular weight is 285 g/mol. The second kappa shape index (κ2) is 4.97. The molecule has 0 unspecified atom stereocenters. The van der Waals surface area contributed by atoms with Gasteiger partial charge >= 0.3 is 5.69 Å². The van der Waals surface area contributed by atoms with Crippen LogP contribution in [0, 0.1) is 0 Å². The third-order valence-corrected chi connectivity index (χ3v) is 3.53. The maximum absolute atomic E-state index is 11.9. The molecule has 2 heterocycles. The Labute approximate surface area is 120 Å². The van der Waals surface area contributed by atoms with Gasteiger partial charge in [-0.3, -0.25) is 13.9 Å². The van der Waals surface area contributed by atoms with Crippen molar-refractivity contribution in [2.45, 2.75) is 6.54 Å². The quantitative estimate of drug-likeness (QED) is 0.791. The topological polar surface area (TPSA) is 69.2 Å². The number of hydrogen-bond acceptors (Lipinski definition) is 3. The Morgan fingerprint density at radius 3 is 2.67 bits per heavy atom. The number of nitrogens with one attached hydrogen (secondary N) is 1. The van der Waals surface area contributed by atoms with Crippen molar-refractivity contribution in [1.82, 2.24) is 14.5 Å². The molecule has 0 spiro atoms. The van der Waals surface area contributed by atoms with Crippen LogP contribution in [0.1, 0.15) is 16.1 Å². The molecule has 21 heavy (non-hydrogen) atoms. The number of carbonyl (C=O) groups is 1. The second-order valence-electron chi connectivity index (χ2n) is 4.88. The summed E-state index contributed by atoms with van der Waals surface area (Å²) in [5, 5.41) is 2.78.